The Balaban J connectivity index is 1.26. The summed E-state index contributed by atoms with van der Waals surface area (Å²) in [6, 6.07) is 3.67. The molecule has 2 N–H and O–H groups in total. The fourth-order valence-corrected chi connectivity index (χ4v) is 5.54. The van der Waals surface area contributed by atoms with Crippen molar-refractivity contribution < 1.29 is 4.79 Å². The summed E-state index contributed by atoms with van der Waals surface area (Å²) in [6.45, 7) is 0.730. The second-order valence-corrected chi connectivity index (χ2v) is 8.19. The molecule has 1 aromatic rings. The van der Waals surface area contributed by atoms with Crippen LogP contribution in [-0.4, -0.2) is 18.0 Å². The minimum atomic E-state index is 0.245. The predicted octanol–water partition coefficient (Wildman–Crippen LogP) is 2.77. The molecular formula is C17H24N2OS. The van der Waals surface area contributed by atoms with Crippen LogP contribution in [0.1, 0.15) is 53.8 Å². The van der Waals surface area contributed by atoms with Gasteiger partial charge in [0.15, 0.2) is 0 Å². The molecule has 0 saturated carbocycles. The molecule has 3 heterocycles. The van der Waals surface area contributed by atoms with Crippen molar-refractivity contribution in [1.82, 2.24) is 10.6 Å². The SMILES string of the molecule is O=C(CC1CC2CCC(C1)N2)NCc1cc2c(s1)CCC2. The molecule has 0 radical (unpaired) electrons. The normalized spacial score (nSPS) is 30.4. The van der Waals surface area contributed by atoms with E-state index in [1.165, 1.54) is 55.4 Å². The van der Waals surface area contributed by atoms with Crippen molar-refractivity contribution in [2.45, 2.75) is 70.0 Å². The van der Waals surface area contributed by atoms with Gasteiger partial charge in [-0.15, -0.1) is 11.3 Å². The number of carbonyl (C=O) groups is 1. The molecule has 2 bridgehead atoms. The molecule has 3 aliphatic rings. The van der Waals surface area contributed by atoms with Gasteiger partial charge in [0.2, 0.25) is 5.91 Å². The molecule has 0 spiro atoms. The zero-order chi connectivity index (χ0) is 14.2. The molecule has 4 heteroatoms. The van der Waals surface area contributed by atoms with E-state index in [0.29, 0.717) is 18.0 Å². The molecule has 1 aromatic heterocycles. The molecule has 114 valence electrons. The third-order valence-corrected chi connectivity index (χ3v) is 6.54. The molecule has 2 fully saturated rings. The Hall–Kier alpha value is -0.870. The first-order valence-corrected chi connectivity index (χ1v) is 9.21. The Kier molecular flexibility index (Phi) is 3.76. The van der Waals surface area contributed by atoms with Gasteiger partial charge in [-0.25, -0.2) is 0 Å². The van der Waals surface area contributed by atoms with E-state index in [1.807, 2.05) is 11.3 Å². The van der Waals surface area contributed by atoms with E-state index in [4.69, 9.17) is 0 Å². The summed E-state index contributed by atoms with van der Waals surface area (Å²) in [6.07, 6.45) is 9.51. The topological polar surface area (TPSA) is 41.1 Å². The van der Waals surface area contributed by atoms with Crippen LogP contribution >= 0.6 is 11.3 Å². The molecule has 2 aliphatic heterocycles. The van der Waals surface area contributed by atoms with Crippen LogP contribution < -0.4 is 10.6 Å². The molecule has 2 atom stereocenters. The summed E-state index contributed by atoms with van der Waals surface area (Å²) in [7, 11) is 0. The molecule has 3 nitrogen and oxygen atoms in total. The van der Waals surface area contributed by atoms with Gasteiger partial charge >= 0.3 is 0 Å². The largest absolute Gasteiger partial charge is 0.351 e. The highest BCUT2D eigenvalue weighted by molar-refractivity contribution is 7.12. The summed E-state index contributed by atoms with van der Waals surface area (Å²) < 4.78 is 0. The molecule has 0 aromatic carbocycles. The number of piperidine rings is 1. The lowest BCUT2D eigenvalue weighted by Crippen LogP contribution is -2.39. The van der Waals surface area contributed by atoms with Crippen molar-refractivity contribution in [2.24, 2.45) is 5.92 Å². The number of hydrogen-bond donors (Lipinski definition) is 2. The highest BCUT2D eigenvalue weighted by Crippen LogP contribution is 2.33. The first-order valence-electron chi connectivity index (χ1n) is 8.39. The number of rotatable bonds is 4. The third kappa shape index (κ3) is 3.02. The first kappa shape index (κ1) is 13.8. The van der Waals surface area contributed by atoms with Gasteiger partial charge in [-0.1, -0.05) is 0 Å². The molecule has 21 heavy (non-hydrogen) atoms. The molecule has 1 aliphatic carbocycles. The van der Waals surface area contributed by atoms with Gasteiger partial charge in [0.25, 0.3) is 0 Å². The standard InChI is InChI=1S/C17H24N2OS/c20-17(8-11-6-13-4-5-14(7-11)19-13)18-10-15-9-12-2-1-3-16(12)21-15/h9,11,13-14,19H,1-8,10H2,(H,18,20). The minimum Gasteiger partial charge on any atom is -0.351 e. The summed E-state index contributed by atoms with van der Waals surface area (Å²) >= 11 is 1.90. The first-order chi connectivity index (χ1) is 10.3. The lowest BCUT2D eigenvalue weighted by Gasteiger charge is -2.28. The smallest absolute Gasteiger partial charge is 0.220 e. The van der Waals surface area contributed by atoms with Crippen molar-refractivity contribution >= 4 is 17.2 Å². The van der Waals surface area contributed by atoms with Crippen molar-refractivity contribution in [3.63, 3.8) is 0 Å². The maximum Gasteiger partial charge on any atom is 0.220 e. The molecule has 2 saturated heterocycles. The van der Waals surface area contributed by atoms with Gasteiger partial charge < -0.3 is 10.6 Å². The lowest BCUT2D eigenvalue weighted by molar-refractivity contribution is -0.122. The fraction of sp³-hybridized carbons (Fsp3) is 0.706. The Labute approximate surface area is 130 Å². The average molecular weight is 304 g/mol. The van der Waals surface area contributed by atoms with Gasteiger partial charge in [0, 0.05) is 28.3 Å². The third-order valence-electron chi connectivity index (χ3n) is 5.30. The van der Waals surface area contributed by atoms with Crippen molar-refractivity contribution in [1.29, 1.82) is 0 Å². The van der Waals surface area contributed by atoms with E-state index in [2.05, 4.69) is 16.7 Å². The quantitative estimate of drug-likeness (QED) is 0.898. The van der Waals surface area contributed by atoms with Gasteiger partial charge in [-0.2, -0.15) is 0 Å². The number of nitrogens with one attached hydrogen (secondary N) is 2. The predicted molar refractivity (Wildman–Crippen MR) is 85.5 cm³/mol. The van der Waals surface area contributed by atoms with E-state index in [0.717, 1.165) is 13.0 Å². The Morgan fingerprint density at radius 3 is 2.86 bits per heavy atom. The minimum absolute atomic E-state index is 0.245. The van der Waals surface area contributed by atoms with E-state index in [9.17, 15) is 4.79 Å². The van der Waals surface area contributed by atoms with E-state index in [-0.39, 0.29) is 5.91 Å². The van der Waals surface area contributed by atoms with Crippen LogP contribution in [-0.2, 0) is 24.2 Å². The van der Waals surface area contributed by atoms with Gasteiger partial charge in [0.05, 0.1) is 6.54 Å². The van der Waals surface area contributed by atoms with E-state index in [1.54, 1.807) is 4.88 Å². The highest BCUT2D eigenvalue weighted by Gasteiger charge is 2.34. The number of aryl methyl sites for hydroxylation is 2. The van der Waals surface area contributed by atoms with Crippen LogP contribution in [0.2, 0.25) is 0 Å². The van der Waals surface area contributed by atoms with E-state index < -0.39 is 0 Å². The summed E-state index contributed by atoms with van der Waals surface area (Å²) in [5, 5.41) is 6.78. The number of fused-ring (bicyclic) bond motifs is 3. The van der Waals surface area contributed by atoms with Crippen molar-refractivity contribution in [3.8, 4) is 0 Å². The van der Waals surface area contributed by atoms with Crippen molar-refractivity contribution in [3.05, 3.63) is 21.4 Å². The zero-order valence-electron chi connectivity index (χ0n) is 12.5. The number of amides is 1. The second kappa shape index (κ2) is 5.73. The maximum absolute atomic E-state index is 12.2. The molecule has 1 amide bonds. The van der Waals surface area contributed by atoms with Crippen LogP contribution in [0, 0.1) is 5.92 Å². The van der Waals surface area contributed by atoms with Crippen LogP contribution in [0.3, 0.4) is 0 Å². The zero-order valence-corrected chi connectivity index (χ0v) is 13.3. The van der Waals surface area contributed by atoms with Crippen LogP contribution in [0.25, 0.3) is 0 Å². The maximum atomic E-state index is 12.2. The molecule has 2 unspecified atom stereocenters. The molecular weight excluding hydrogens is 280 g/mol. The summed E-state index contributed by atoms with van der Waals surface area (Å²) in [5.74, 6) is 0.840. The van der Waals surface area contributed by atoms with E-state index >= 15 is 0 Å². The van der Waals surface area contributed by atoms with Crippen LogP contribution in [0.4, 0.5) is 0 Å². The van der Waals surface area contributed by atoms with Gasteiger partial charge in [0.1, 0.15) is 0 Å². The van der Waals surface area contributed by atoms with Crippen LogP contribution in [0.5, 0.6) is 0 Å². The van der Waals surface area contributed by atoms with Gasteiger partial charge in [-0.3, -0.25) is 4.79 Å². The monoisotopic (exact) mass is 304 g/mol. The number of carbonyl (C=O) groups excluding carboxylic acids is 1. The second-order valence-electron chi connectivity index (χ2n) is 6.97. The number of thiophene rings is 1. The van der Waals surface area contributed by atoms with Crippen molar-refractivity contribution in [2.75, 3.05) is 0 Å². The number of hydrogen-bond acceptors (Lipinski definition) is 3. The molecule has 4 rings (SSSR count). The fourth-order valence-electron chi connectivity index (χ4n) is 4.34. The average Bonchev–Trinajstić information content (AvgIpc) is 3.11. The van der Waals surface area contributed by atoms with Gasteiger partial charge in [-0.05, 0) is 62.5 Å². The highest BCUT2D eigenvalue weighted by atomic mass is 32.1. The Morgan fingerprint density at radius 1 is 1.29 bits per heavy atom. The van der Waals surface area contributed by atoms with Crippen LogP contribution in [0.15, 0.2) is 6.07 Å². The Bertz CT molecular complexity index is 505. The lowest BCUT2D eigenvalue weighted by atomic mass is 9.89. The summed E-state index contributed by atoms with van der Waals surface area (Å²) in [4.78, 5) is 15.0. The Morgan fingerprint density at radius 2 is 2.10 bits per heavy atom. The summed E-state index contributed by atoms with van der Waals surface area (Å²) in [5.41, 5.74) is 1.53.